The van der Waals surface area contributed by atoms with Crippen molar-refractivity contribution in [3.63, 3.8) is 0 Å². The van der Waals surface area contributed by atoms with Gasteiger partial charge in [0.25, 0.3) is 0 Å². The Morgan fingerprint density at radius 3 is 2.53 bits per heavy atom. The van der Waals surface area contributed by atoms with Crippen LogP contribution < -0.4 is 10.5 Å². The van der Waals surface area contributed by atoms with Crippen molar-refractivity contribution in [2.45, 2.75) is 38.1 Å². The second-order valence-corrected chi connectivity index (χ2v) is 5.25. The monoisotopic (exact) mass is 263 g/mol. The molecule has 0 heterocycles. The van der Waals surface area contributed by atoms with Crippen molar-refractivity contribution in [2.24, 2.45) is 11.7 Å². The molecule has 1 fully saturated rings. The Balaban J connectivity index is 1.82. The van der Waals surface area contributed by atoms with E-state index >= 15 is 0 Å². The van der Waals surface area contributed by atoms with E-state index in [1.165, 1.54) is 25.7 Å². The van der Waals surface area contributed by atoms with Gasteiger partial charge in [-0.25, -0.2) is 0 Å². The number of carboxylic acid groups (broad SMARTS) is 1. The summed E-state index contributed by atoms with van der Waals surface area (Å²) in [7, 11) is 0. The molecular weight excluding hydrogens is 242 g/mol. The van der Waals surface area contributed by atoms with Crippen molar-refractivity contribution >= 4 is 5.97 Å². The van der Waals surface area contributed by atoms with Gasteiger partial charge in [-0.3, -0.25) is 4.79 Å². The first-order valence-electron chi connectivity index (χ1n) is 6.85. The van der Waals surface area contributed by atoms with E-state index in [1.54, 1.807) is 0 Å². The largest absolute Gasteiger partial charge is 0.493 e. The third kappa shape index (κ3) is 4.24. The van der Waals surface area contributed by atoms with Gasteiger partial charge >= 0.3 is 5.97 Å². The van der Waals surface area contributed by atoms with Crippen LogP contribution in [-0.4, -0.2) is 23.7 Å². The van der Waals surface area contributed by atoms with Gasteiger partial charge in [0.05, 0.1) is 6.61 Å². The molecule has 0 radical (unpaired) electrons. The predicted octanol–water partition coefficient (Wildman–Crippen LogP) is 2.21. The first-order valence-corrected chi connectivity index (χ1v) is 6.85. The van der Waals surface area contributed by atoms with Gasteiger partial charge < -0.3 is 15.6 Å². The van der Waals surface area contributed by atoms with E-state index in [1.807, 2.05) is 24.3 Å². The smallest absolute Gasteiger partial charge is 0.320 e. The Labute approximate surface area is 113 Å². The lowest BCUT2D eigenvalue weighted by Crippen LogP contribution is -2.32. The summed E-state index contributed by atoms with van der Waals surface area (Å²) in [4.78, 5) is 10.7. The molecule has 2 rings (SSSR count). The van der Waals surface area contributed by atoms with E-state index in [4.69, 9.17) is 15.6 Å². The summed E-state index contributed by atoms with van der Waals surface area (Å²) in [5.41, 5.74) is 6.42. The first-order chi connectivity index (χ1) is 9.15. The number of ether oxygens (including phenoxy) is 1. The SMILES string of the molecule is N[C@@H](Cc1ccc(OCC2CCCC2)cc1)C(=O)O. The maximum atomic E-state index is 10.7. The quantitative estimate of drug-likeness (QED) is 0.825. The zero-order valence-electron chi connectivity index (χ0n) is 11.0. The van der Waals surface area contributed by atoms with E-state index < -0.39 is 12.0 Å². The molecule has 0 spiro atoms. The number of benzene rings is 1. The summed E-state index contributed by atoms with van der Waals surface area (Å²) in [6.07, 6.45) is 5.52. The molecule has 0 unspecified atom stereocenters. The van der Waals surface area contributed by atoms with Crippen LogP contribution in [0.2, 0.25) is 0 Å². The number of nitrogens with two attached hydrogens (primary N) is 1. The van der Waals surface area contributed by atoms with Gasteiger partial charge in [-0.2, -0.15) is 0 Å². The van der Waals surface area contributed by atoms with Crippen molar-refractivity contribution < 1.29 is 14.6 Å². The molecule has 4 heteroatoms. The minimum Gasteiger partial charge on any atom is -0.493 e. The average molecular weight is 263 g/mol. The van der Waals surface area contributed by atoms with Crippen LogP contribution in [0.4, 0.5) is 0 Å². The number of aliphatic carboxylic acids is 1. The van der Waals surface area contributed by atoms with Crippen LogP contribution in [-0.2, 0) is 11.2 Å². The molecule has 1 aliphatic rings. The molecule has 0 aliphatic heterocycles. The van der Waals surface area contributed by atoms with Crippen LogP contribution in [0.1, 0.15) is 31.2 Å². The molecule has 4 nitrogen and oxygen atoms in total. The van der Waals surface area contributed by atoms with Gasteiger partial charge in [-0.15, -0.1) is 0 Å². The van der Waals surface area contributed by atoms with Crippen molar-refractivity contribution in [3.05, 3.63) is 29.8 Å². The third-order valence-corrected chi connectivity index (χ3v) is 3.66. The molecule has 0 amide bonds. The standard InChI is InChI=1S/C15H21NO3/c16-14(15(17)18)9-11-5-7-13(8-6-11)19-10-12-3-1-2-4-12/h5-8,12,14H,1-4,9-10,16H2,(H,17,18)/t14-/m0/s1. The van der Waals surface area contributed by atoms with Crippen LogP contribution in [0, 0.1) is 5.92 Å². The number of carboxylic acids is 1. The lowest BCUT2D eigenvalue weighted by molar-refractivity contribution is -0.138. The zero-order chi connectivity index (χ0) is 13.7. The summed E-state index contributed by atoms with van der Waals surface area (Å²) in [5.74, 6) is 0.571. The van der Waals surface area contributed by atoms with E-state index in [2.05, 4.69) is 0 Å². The highest BCUT2D eigenvalue weighted by Crippen LogP contribution is 2.25. The molecule has 3 N–H and O–H groups in total. The van der Waals surface area contributed by atoms with Crippen LogP contribution in [0.3, 0.4) is 0 Å². The molecule has 1 aliphatic carbocycles. The van der Waals surface area contributed by atoms with Crippen LogP contribution in [0.25, 0.3) is 0 Å². The van der Waals surface area contributed by atoms with Gasteiger partial charge in [0.2, 0.25) is 0 Å². The third-order valence-electron chi connectivity index (χ3n) is 3.66. The second kappa shape index (κ2) is 6.57. The lowest BCUT2D eigenvalue weighted by Gasteiger charge is -2.12. The summed E-state index contributed by atoms with van der Waals surface area (Å²) in [6, 6.07) is 6.70. The summed E-state index contributed by atoms with van der Waals surface area (Å²) < 4.78 is 5.75. The highest BCUT2D eigenvalue weighted by atomic mass is 16.5. The molecule has 0 bridgehead atoms. The Morgan fingerprint density at radius 2 is 1.95 bits per heavy atom. The Kier molecular flexibility index (Phi) is 4.80. The molecule has 19 heavy (non-hydrogen) atoms. The molecule has 0 aromatic heterocycles. The normalized spacial score (nSPS) is 17.3. The summed E-state index contributed by atoms with van der Waals surface area (Å²) >= 11 is 0. The number of hydrogen-bond acceptors (Lipinski definition) is 3. The van der Waals surface area contributed by atoms with Gasteiger partial charge in [0.15, 0.2) is 0 Å². The van der Waals surface area contributed by atoms with Crippen molar-refractivity contribution in [3.8, 4) is 5.75 Å². The molecule has 1 aromatic carbocycles. The number of hydrogen-bond donors (Lipinski definition) is 2. The van der Waals surface area contributed by atoms with Crippen molar-refractivity contribution in [1.29, 1.82) is 0 Å². The minimum absolute atomic E-state index is 0.345. The fraction of sp³-hybridized carbons (Fsp3) is 0.533. The Bertz CT molecular complexity index is 410. The fourth-order valence-corrected chi connectivity index (χ4v) is 2.45. The predicted molar refractivity (Wildman–Crippen MR) is 73.2 cm³/mol. The van der Waals surface area contributed by atoms with Crippen molar-refractivity contribution in [2.75, 3.05) is 6.61 Å². The van der Waals surface area contributed by atoms with Crippen molar-refractivity contribution in [1.82, 2.24) is 0 Å². The molecule has 1 saturated carbocycles. The van der Waals surface area contributed by atoms with Crippen LogP contribution in [0.5, 0.6) is 5.75 Å². The van der Waals surface area contributed by atoms with E-state index in [9.17, 15) is 4.79 Å². The summed E-state index contributed by atoms with van der Waals surface area (Å²) in [6.45, 7) is 0.786. The maximum absolute atomic E-state index is 10.7. The van der Waals surface area contributed by atoms with E-state index in [-0.39, 0.29) is 0 Å². The number of rotatable bonds is 6. The molecular formula is C15H21NO3. The minimum atomic E-state index is -0.971. The highest BCUT2D eigenvalue weighted by Gasteiger charge is 2.15. The maximum Gasteiger partial charge on any atom is 0.320 e. The molecule has 0 saturated heterocycles. The van der Waals surface area contributed by atoms with Gasteiger partial charge in [0, 0.05) is 0 Å². The Hall–Kier alpha value is -1.55. The first kappa shape index (κ1) is 13.9. The van der Waals surface area contributed by atoms with Crippen LogP contribution >= 0.6 is 0 Å². The fourth-order valence-electron chi connectivity index (χ4n) is 2.45. The Morgan fingerprint density at radius 1 is 1.32 bits per heavy atom. The highest BCUT2D eigenvalue weighted by molar-refractivity contribution is 5.73. The van der Waals surface area contributed by atoms with Crippen LogP contribution in [0.15, 0.2) is 24.3 Å². The zero-order valence-corrected chi connectivity index (χ0v) is 11.0. The van der Waals surface area contributed by atoms with Gasteiger partial charge in [-0.05, 0) is 42.9 Å². The van der Waals surface area contributed by atoms with E-state index in [0.29, 0.717) is 12.3 Å². The average Bonchev–Trinajstić information content (AvgIpc) is 2.91. The topological polar surface area (TPSA) is 72.5 Å². The second-order valence-electron chi connectivity index (χ2n) is 5.25. The number of carbonyl (C=O) groups is 1. The van der Waals surface area contributed by atoms with E-state index in [0.717, 1.165) is 17.9 Å². The lowest BCUT2D eigenvalue weighted by atomic mass is 10.1. The molecule has 104 valence electrons. The summed E-state index contributed by atoms with van der Waals surface area (Å²) in [5, 5.41) is 8.75. The van der Waals surface area contributed by atoms with Gasteiger partial charge in [-0.1, -0.05) is 25.0 Å². The van der Waals surface area contributed by atoms with Gasteiger partial charge in [0.1, 0.15) is 11.8 Å². The molecule has 1 aromatic rings. The molecule has 1 atom stereocenters.